The second kappa shape index (κ2) is 6.57. The lowest BCUT2D eigenvalue weighted by molar-refractivity contribution is 0.0963. The topological polar surface area (TPSA) is 41.1 Å². The van der Waals surface area contributed by atoms with E-state index < -0.39 is 0 Å². The molecule has 0 aliphatic carbocycles. The summed E-state index contributed by atoms with van der Waals surface area (Å²) in [7, 11) is 1.63. The normalized spacial score (nSPS) is 11.8. The van der Waals surface area contributed by atoms with Gasteiger partial charge in [0.2, 0.25) is 0 Å². The summed E-state index contributed by atoms with van der Waals surface area (Å²) < 4.78 is 1.06. The number of hydrogen-bond donors (Lipinski definition) is 2. The average molecular weight is 333 g/mol. The molecule has 0 bridgehead atoms. The number of carbonyl (C=O) groups is 1. The predicted molar refractivity (Wildman–Crippen MR) is 86.0 cm³/mol. The van der Waals surface area contributed by atoms with E-state index in [-0.39, 0.29) is 11.9 Å². The molecule has 0 saturated heterocycles. The monoisotopic (exact) mass is 332 g/mol. The lowest BCUT2D eigenvalue weighted by atomic mass is 10.1. The van der Waals surface area contributed by atoms with Gasteiger partial charge in [-0.15, -0.1) is 0 Å². The highest BCUT2D eigenvalue weighted by Crippen LogP contribution is 2.21. The minimum absolute atomic E-state index is 0.0788. The first-order valence-corrected chi connectivity index (χ1v) is 7.23. The molecule has 20 heavy (non-hydrogen) atoms. The van der Waals surface area contributed by atoms with Crippen LogP contribution in [0.1, 0.15) is 28.9 Å². The van der Waals surface area contributed by atoms with Gasteiger partial charge in [0.1, 0.15) is 0 Å². The molecule has 4 heteroatoms. The Bertz CT molecular complexity index is 596. The van der Waals surface area contributed by atoms with E-state index in [0.717, 1.165) is 10.2 Å². The van der Waals surface area contributed by atoms with Crippen LogP contribution in [0.5, 0.6) is 0 Å². The van der Waals surface area contributed by atoms with E-state index in [9.17, 15) is 4.79 Å². The minimum Gasteiger partial charge on any atom is -0.379 e. The highest BCUT2D eigenvalue weighted by Gasteiger charge is 2.07. The maximum absolute atomic E-state index is 11.6. The average Bonchev–Trinajstić information content (AvgIpc) is 2.47. The zero-order valence-corrected chi connectivity index (χ0v) is 13.1. The molecule has 0 spiro atoms. The molecule has 3 nitrogen and oxygen atoms in total. The molecule has 1 amide bonds. The van der Waals surface area contributed by atoms with E-state index in [1.54, 1.807) is 13.1 Å². The Morgan fingerprint density at radius 3 is 2.50 bits per heavy atom. The highest BCUT2D eigenvalue weighted by atomic mass is 79.9. The summed E-state index contributed by atoms with van der Waals surface area (Å²) in [5.74, 6) is -0.0788. The summed E-state index contributed by atoms with van der Waals surface area (Å²) in [6, 6.07) is 15.9. The van der Waals surface area contributed by atoms with Gasteiger partial charge in [0.25, 0.3) is 5.91 Å². The Kier molecular flexibility index (Phi) is 4.79. The number of benzene rings is 2. The van der Waals surface area contributed by atoms with E-state index in [2.05, 4.69) is 45.6 Å². The summed E-state index contributed by atoms with van der Waals surface area (Å²) in [5, 5.41) is 6.03. The molecule has 1 unspecified atom stereocenters. The Balaban J connectivity index is 2.13. The molecule has 2 aromatic carbocycles. The van der Waals surface area contributed by atoms with Gasteiger partial charge in [0.05, 0.1) is 0 Å². The number of halogens is 1. The molecule has 0 radical (unpaired) electrons. The van der Waals surface area contributed by atoms with Crippen LogP contribution in [0, 0.1) is 0 Å². The van der Waals surface area contributed by atoms with E-state index in [1.807, 2.05) is 30.3 Å². The van der Waals surface area contributed by atoms with Crippen LogP contribution in [-0.2, 0) is 0 Å². The van der Waals surface area contributed by atoms with Crippen molar-refractivity contribution < 1.29 is 4.79 Å². The van der Waals surface area contributed by atoms with Gasteiger partial charge < -0.3 is 10.6 Å². The first kappa shape index (κ1) is 14.6. The van der Waals surface area contributed by atoms with Crippen LogP contribution in [0.4, 0.5) is 5.69 Å². The smallest absolute Gasteiger partial charge is 0.251 e. The van der Waals surface area contributed by atoms with Gasteiger partial charge in [-0.05, 0) is 42.8 Å². The van der Waals surface area contributed by atoms with Crippen LogP contribution in [0.2, 0.25) is 0 Å². The predicted octanol–water partition coefficient (Wildman–Crippen LogP) is 3.98. The lowest BCUT2D eigenvalue weighted by Gasteiger charge is -2.16. The number of anilines is 1. The quantitative estimate of drug-likeness (QED) is 0.889. The largest absolute Gasteiger partial charge is 0.379 e. The fraction of sp³-hybridized carbons (Fsp3) is 0.188. The highest BCUT2D eigenvalue weighted by molar-refractivity contribution is 9.10. The fourth-order valence-electron chi connectivity index (χ4n) is 1.98. The summed E-state index contributed by atoms with van der Waals surface area (Å²) in [6.45, 7) is 2.09. The van der Waals surface area contributed by atoms with Crippen LogP contribution >= 0.6 is 15.9 Å². The second-order valence-corrected chi connectivity index (χ2v) is 5.49. The molecule has 0 aliphatic heterocycles. The van der Waals surface area contributed by atoms with Crippen molar-refractivity contribution in [1.29, 1.82) is 0 Å². The Morgan fingerprint density at radius 2 is 1.85 bits per heavy atom. The summed E-state index contributed by atoms with van der Waals surface area (Å²) >= 11 is 3.43. The van der Waals surface area contributed by atoms with Crippen LogP contribution in [-0.4, -0.2) is 13.0 Å². The third-order valence-corrected chi connectivity index (χ3v) is 3.63. The van der Waals surface area contributed by atoms with E-state index in [0.29, 0.717) is 5.56 Å². The number of nitrogens with one attached hydrogen (secondary N) is 2. The molecular formula is C16H17BrN2O. The Hall–Kier alpha value is -1.81. The van der Waals surface area contributed by atoms with Crippen molar-refractivity contribution in [1.82, 2.24) is 5.32 Å². The maximum atomic E-state index is 11.6. The minimum atomic E-state index is -0.0788. The van der Waals surface area contributed by atoms with Gasteiger partial charge in [0.15, 0.2) is 0 Å². The number of carbonyl (C=O) groups excluding carboxylic acids is 1. The van der Waals surface area contributed by atoms with E-state index in [4.69, 9.17) is 0 Å². The van der Waals surface area contributed by atoms with Gasteiger partial charge in [-0.3, -0.25) is 4.79 Å². The molecule has 0 aliphatic rings. The fourth-order valence-corrected chi connectivity index (χ4v) is 2.24. The van der Waals surface area contributed by atoms with Crippen LogP contribution < -0.4 is 10.6 Å². The van der Waals surface area contributed by atoms with Crippen LogP contribution in [0.25, 0.3) is 0 Å². The standard InChI is InChI=1S/C16H17BrN2O/c1-11(12-6-8-14(17)9-7-12)19-15-5-3-4-13(10-15)16(20)18-2/h3-11,19H,1-2H3,(H,18,20). The summed E-state index contributed by atoms with van der Waals surface area (Å²) in [4.78, 5) is 11.6. The first-order valence-electron chi connectivity index (χ1n) is 6.44. The van der Waals surface area contributed by atoms with Crippen molar-refractivity contribution >= 4 is 27.5 Å². The number of rotatable bonds is 4. The molecule has 2 N–H and O–H groups in total. The molecule has 1 atom stereocenters. The van der Waals surface area contributed by atoms with Crippen molar-refractivity contribution in [2.24, 2.45) is 0 Å². The number of hydrogen-bond acceptors (Lipinski definition) is 2. The van der Waals surface area contributed by atoms with Crippen LogP contribution in [0.3, 0.4) is 0 Å². The molecule has 2 aromatic rings. The zero-order valence-electron chi connectivity index (χ0n) is 11.5. The van der Waals surface area contributed by atoms with Crippen molar-refractivity contribution in [2.75, 3.05) is 12.4 Å². The third kappa shape index (κ3) is 3.61. The van der Waals surface area contributed by atoms with Crippen molar-refractivity contribution in [3.05, 3.63) is 64.1 Å². The lowest BCUT2D eigenvalue weighted by Crippen LogP contribution is -2.18. The van der Waals surface area contributed by atoms with E-state index >= 15 is 0 Å². The van der Waals surface area contributed by atoms with Gasteiger partial charge in [-0.2, -0.15) is 0 Å². The van der Waals surface area contributed by atoms with Gasteiger partial charge in [-0.25, -0.2) is 0 Å². The summed E-state index contributed by atoms with van der Waals surface area (Å²) in [6.07, 6.45) is 0. The maximum Gasteiger partial charge on any atom is 0.251 e. The molecule has 104 valence electrons. The zero-order chi connectivity index (χ0) is 14.5. The van der Waals surface area contributed by atoms with Crippen molar-refractivity contribution in [2.45, 2.75) is 13.0 Å². The Labute approximate surface area is 127 Å². The first-order chi connectivity index (χ1) is 9.60. The van der Waals surface area contributed by atoms with Crippen molar-refractivity contribution in [3.8, 4) is 0 Å². The molecule has 0 aromatic heterocycles. The second-order valence-electron chi connectivity index (χ2n) is 4.58. The van der Waals surface area contributed by atoms with Crippen LogP contribution in [0.15, 0.2) is 53.0 Å². The van der Waals surface area contributed by atoms with E-state index in [1.165, 1.54) is 5.56 Å². The van der Waals surface area contributed by atoms with Gasteiger partial charge in [-0.1, -0.05) is 34.1 Å². The molecule has 0 heterocycles. The molecule has 0 saturated carbocycles. The van der Waals surface area contributed by atoms with Gasteiger partial charge in [0, 0.05) is 28.8 Å². The van der Waals surface area contributed by atoms with Crippen molar-refractivity contribution in [3.63, 3.8) is 0 Å². The Morgan fingerprint density at radius 1 is 1.15 bits per heavy atom. The molecular weight excluding hydrogens is 316 g/mol. The van der Waals surface area contributed by atoms with Gasteiger partial charge >= 0.3 is 0 Å². The summed E-state index contributed by atoms with van der Waals surface area (Å²) in [5.41, 5.74) is 2.78. The molecule has 2 rings (SSSR count). The third-order valence-electron chi connectivity index (χ3n) is 3.10. The SMILES string of the molecule is CNC(=O)c1cccc(NC(C)c2ccc(Br)cc2)c1. The molecule has 0 fully saturated rings. The number of amides is 1.